The summed E-state index contributed by atoms with van der Waals surface area (Å²) in [5, 5.41) is 3.54. The zero-order chi connectivity index (χ0) is 11.2. The molecule has 2 rings (SSSR count). The van der Waals surface area contributed by atoms with Crippen molar-refractivity contribution in [3.05, 3.63) is 30.3 Å². The van der Waals surface area contributed by atoms with E-state index in [0.29, 0.717) is 0 Å². The Bertz CT molecular complexity index is 293. The molecule has 0 aliphatic heterocycles. The number of rotatable bonds is 7. The molecular weight excluding hydrogens is 196 g/mol. The molecule has 1 aliphatic rings. The Morgan fingerprint density at radius 2 is 2.00 bits per heavy atom. The molecule has 0 atom stereocenters. The van der Waals surface area contributed by atoms with Gasteiger partial charge in [-0.15, -0.1) is 0 Å². The summed E-state index contributed by atoms with van der Waals surface area (Å²) in [4.78, 5) is 2.42. The molecule has 1 N–H and O–H groups in total. The standard InChI is InChI=1S/C14H22N2/c1-2-16(14-6-4-3-5-7-14)11-10-15-12-13-8-9-13/h3-7,13,15H,2,8-12H2,1H3. The van der Waals surface area contributed by atoms with Gasteiger partial charge in [0.1, 0.15) is 0 Å². The largest absolute Gasteiger partial charge is 0.371 e. The smallest absolute Gasteiger partial charge is 0.0366 e. The molecule has 0 amide bonds. The van der Waals surface area contributed by atoms with Crippen LogP contribution in [0.15, 0.2) is 30.3 Å². The number of nitrogens with zero attached hydrogens (tertiary/aromatic N) is 1. The van der Waals surface area contributed by atoms with E-state index in [9.17, 15) is 0 Å². The van der Waals surface area contributed by atoms with Crippen molar-refractivity contribution < 1.29 is 0 Å². The predicted molar refractivity (Wildman–Crippen MR) is 69.9 cm³/mol. The maximum absolute atomic E-state index is 3.54. The van der Waals surface area contributed by atoms with Gasteiger partial charge in [0.25, 0.3) is 0 Å². The first-order chi connectivity index (χ1) is 7.90. The van der Waals surface area contributed by atoms with E-state index in [2.05, 4.69) is 47.5 Å². The second-order valence-electron chi connectivity index (χ2n) is 4.56. The summed E-state index contributed by atoms with van der Waals surface area (Å²) >= 11 is 0. The molecule has 1 aromatic carbocycles. The predicted octanol–water partition coefficient (Wildman–Crippen LogP) is 2.51. The molecule has 16 heavy (non-hydrogen) atoms. The number of nitrogens with one attached hydrogen (secondary N) is 1. The van der Waals surface area contributed by atoms with Crippen molar-refractivity contribution in [2.45, 2.75) is 19.8 Å². The average Bonchev–Trinajstić information content (AvgIpc) is 3.14. The van der Waals surface area contributed by atoms with Gasteiger partial charge in [-0.25, -0.2) is 0 Å². The van der Waals surface area contributed by atoms with Crippen LogP contribution >= 0.6 is 0 Å². The quantitative estimate of drug-likeness (QED) is 0.707. The monoisotopic (exact) mass is 218 g/mol. The number of hydrogen-bond acceptors (Lipinski definition) is 2. The zero-order valence-electron chi connectivity index (χ0n) is 10.2. The van der Waals surface area contributed by atoms with Crippen molar-refractivity contribution in [2.75, 3.05) is 31.1 Å². The fourth-order valence-corrected chi connectivity index (χ4v) is 1.95. The molecule has 0 heterocycles. The summed E-state index contributed by atoms with van der Waals surface area (Å²) in [5.41, 5.74) is 1.33. The van der Waals surface area contributed by atoms with E-state index in [4.69, 9.17) is 0 Å². The summed E-state index contributed by atoms with van der Waals surface area (Å²) in [6.07, 6.45) is 2.87. The van der Waals surface area contributed by atoms with Crippen LogP contribution in [0.5, 0.6) is 0 Å². The molecule has 0 unspecified atom stereocenters. The maximum Gasteiger partial charge on any atom is 0.0366 e. The highest BCUT2D eigenvalue weighted by atomic mass is 15.1. The van der Waals surface area contributed by atoms with E-state index in [1.165, 1.54) is 25.1 Å². The van der Waals surface area contributed by atoms with Crippen molar-refractivity contribution in [1.29, 1.82) is 0 Å². The van der Waals surface area contributed by atoms with Gasteiger partial charge in [0.2, 0.25) is 0 Å². The summed E-state index contributed by atoms with van der Waals surface area (Å²) in [6.45, 7) is 6.71. The summed E-state index contributed by atoms with van der Waals surface area (Å²) < 4.78 is 0. The molecule has 1 aliphatic carbocycles. The Kier molecular flexibility index (Phi) is 4.23. The normalized spacial score (nSPS) is 15.1. The molecule has 1 fully saturated rings. The lowest BCUT2D eigenvalue weighted by Gasteiger charge is -2.23. The lowest BCUT2D eigenvalue weighted by molar-refractivity contribution is 0.626. The summed E-state index contributed by atoms with van der Waals surface area (Å²) in [7, 11) is 0. The number of hydrogen-bond donors (Lipinski definition) is 1. The maximum atomic E-state index is 3.54. The van der Waals surface area contributed by atoms with E-state index < -0.39 is 0 Å². The fraction of sp³-hybridized carbons (Fsp3) is 0.571. The SMILES string of the molecule is CCN(CCNCC1CC1)c1ccccc1. The third kappa shape index (κ3) is 3.53. The van der Waals surface area contributed by atoms with Crippen LogP contribution in [0.2, 0.25) is 0 Å². The van der Waals surface area contributed by atoms with Gasteiger partial charge in [-0.2, -0.15) is 0 Å². The van der Waals surface area contributed by atoms with Crippen LogP contribution in [0, 0.1) is 5.92 Å². The van der Waals surface area contributed by atoms with Crippen LogP contribution in [0.3, 0.4) is 0 Å². The lowest BCUT2D eigenvalue weighted by Crippen LogP contribution is -2.32. The van der Waals surface area contributed by atoms with E-state index in [1.54, 1.807) is 0 Å². The van der Waals surface area contributed by atoms with E-state index in [0.717, 1.165) is 25.6 Å². The van der Waals surface area contributed by atoms with Crippen molar-refractivity contribution in [1.82, 2.24) is 5.32 Å². The molecule has 1 aromatic rings. The third-order valence-corrected chi connectivity index (χ3v) is 3.19. The van der Waals surface area contributed by atoms with Crippen LogP contribution in [-0.4, -0.2) is 26.2 Å². The van der Waals surface area contributed by atoms with Crippen LogP contribution in [0.1, 0.15) is 19.8 Å². The van der Waals surface area contributed by atoms with Crippen LogP contribution in [0.4, 0.5) is 5.69 Å². The van der Waals surface area contributed by atoms with Gasteiger partial charge in [-0.1, -0.05) is 18.2 Å². The first-order valence-corrected chi connectivity index (χ1v) is 6.41. The summed E-state index contributed by atoms with van der Waals surface area (Å²) in [6, 6.07) is 10.7. The molecule has 1 saturated carbocycles. The molecule has 2 nitrogen and oxygen atoms in total. The number of benzene rings is 1. The minimum absolute atomic E-state index is 0.979. The highest BCUT2D eigenvalue weighted by Crippen LogP contribution is 2.27. The third-order valence-electron chi connectivity index (χ3n) is 3.19. The van der Waals surface area contributed by atoms with E-state index in [-0.39, 0.29) is 0 Å². The second-order valence-corrected chi connectivity index (χ2v) is 4.56. The van der Waals surface area contributed by atoms with Crippen molar-refractivity contribution >= 4 is 5.69 Å². The lowest BCUT2D eigenvalue weighted by atomic mass is 10.3. The second kappa shape index (κ2) is 5.90. The fourth-order valence-electron chi connectivity index (χ4n) is 1.95. The Morgan fingerprint density at radius 3 is 2.62 bits per heavy atom. The molecule has 0 aromatic heterocycles. The molecule has 0 radical (unpaired) electrons. The Hall–Kier alpha value is -1.02. The van der Waals surface area contributed by atoms with Gasteiger partial charge < -0.3 is 10.2 Å². The topological polar surface area (TPSA) is 15.3 Å². The van der Waals surface area contributed by atoms with Crippen molar-refractivity contribution in [3.63, 3.8) is 0 Å². The van der Waals surface area contributed by atoms with Gasteiger partial charge in [0.05, 0.1) is 0 Å². The molecular formula is C14H22N2. The molecule has 0 bridgehead atoms. The minimum atomic E-state index is 0.979. The number of para-hydroxylation sites is 1. The van der Waals surface area contributed by atoms with Crippen LogP contribution in [-0.2, 0) is 0 Å². The Labute approximate surface area is 98.7 Å². The van der Waals surface area contributed by atoms with Gasteiger partial charge >= 0.3 is 0 Å². The number of likely N-dealkylation sites (N-methyl/N-ethyl adjacent to an activating group) is 1. The van der Waals surface area contributed by atoms with Gasteiger partial charge in [-0.3, -0.25) is 0 Å². The Morgan fingerprint density at radius 1 is 1.25 bits per heavy atom. The molecule has 88 valence electrons. The van der Waals surface area contributed by atoms with Crippen LogP contribution in [0.25, 0.3) is 0 Å². The van der Waals surface area contributed by atoms with E-state index >= 15 is 0 Å². The highest BCUT2D eigenvalue weighted by molar-refractivity contribution is 5.45. The zero-order valence-corrected chi connectivity index (χ0v) is 10.2. The minimum Gasteiger partial charge on any atom is -0.371 e. The molecule has 0 spiro atoms. The first-order valence-electron chi connectivity index (χ1n) is 6.41. The highest BCUT2D eigenvalue weighted by Gasteiger charge is 2.20. The van der Waals surface area contributed by atoms with E-state index in [1.807, 2.05) is 0 Å². The summed E-state index contributed by atoms with van der Waals surface area (Å²) in [5.74, 6) is 0.979. The van der Waals surface area contributed by atoms with Crippen molar-refractivity contribution in [2.24, 2.45) is 5.92 Å². The van der Waals surface area contributed by atoms with Gasteiger partial charge in [0.15, 0.2) is 0 Å². The van der Waals surface area contributed by atoms with Crippen LogP contribution < -0.4 is 10.2 Å². The Balaban J connectivity index is 1.72. The van der Waals surface area contributed by atoms with Crippen molar-refractivity contribution in [3.8, 4) is 0 Å². The van der Waals surface area contributed by atoms with Gasteiger partial charge in [-0.05, 0) is 44.4 Å². The number of anilines is 1. The van der Waals surface area contributed by atoms with Gasteiger partial charge in [0, 0.05) is 25.3 Å². The molecule has 0 saturated heterocycles. The molecule has 2 heteroatoms. The first kappa shape index (κ1) is 11.5. The average molecular weight is 218 g/mol.